The van der Waals surface area contributed by atoms with Crippen molar-refractivity contribution in [3.8, 4) is 0 Å². The molecule has 3 N–H and O–H groups in total. The molecule has 0 aliphatic heterocycles. The average Bonchev–Trinajstić information content (AvgIpc) is 1.66. The molecule has 56 valence electrons. The van der Waals surface area contributed by atoms with Crippen molar-refractivity contribution < 1.29 is 5.73 Å². The summed E-state index contributed by atoms with van der Waals surface area (Å²) in [5.74, 6) is 0. The molecule has 0 atom stereocenters. The number of hydrogen-bond acceptors (Lipinski definition) is 0. The zero-order chi connectivity index (χ0) is 7.70. The van der Waals surface area contributed by atoms with Crippen LogP contribution in [-0.2, 0) is 0 Å². The van der Waals surface area contributed by atoms with Crippen molar-refractivity contribution in [3.05, 3.63) is 0 Å². The maximum atomic E-state index is 3.68. The molecule has 0 rings (SSSR count). The molecule has 0 radical (unpaired) electrons. The van der Waals surface area contributed by atoms with Gasteiger partial charge in [0.15, 0.2) is 0 Å². The quantitative estimate of drug-likeness (QED) is 0.348. The van der Waals surface area contributed by atoms with Crippen molar-refractivity contribution in [2.75, 3.05) is 6.54 Å². The van der Waals surface area contributed by atoms with Crippen molar-refractivity contribution in [1.82, 2.24) is 0 Å². The molecule has 0 bridgehead atoms. The fourth-order valence-corrected chi connectivity index (χ4v) is 0.250. The number of quaternary nitrogens is 1. The molecule has 0 unspecified atom stereocenters. The first-order chi connectivity index (χ1) is 4.15. The van der Waals surface area contributed by atoms with Crippen molar-refractivity contribution in [2.24, 2.45) is 0 Å². The minimum absolute atomic E-state index is 0.747. The molecule has 0 aromatic rings. The fourth-order valence-electron chi connectivity index (χ4n) is 0.250. The summed E-state index contributed by atoms with van der Waals surface area (Å²) < 4.78 is 0. The van der Waals surface area contributed by atoms with Gasteiger partial charge in [0.05, 0.1) is 6.54 Å². The Morgan fingerprint density at radius 2 is 1.67 bits per heavy atom. The summed E-state index contributed by atoms with van der Waals surface area (Å²) in [7, 11) is -0.747. The first-order valence-corrected chi connectivity index (χ1v) is 35.6. The van der Waals surface area contributed by atoms with E-state index in [1.165, 1.54) is 12.8 Å². The van der Waals surface area contributed by atoms with E-state index in [1.54, 1.807) is 0 Å². The van der Waals surface area contributed by atoms with E-state index >= 15 is 0 Å². The van der Waals surface area contributed by atoms with Gasteiger partial charge in [-0.1, -0.05) is 13.3 Å². The number of hydrogen-bond donors (Lipinski definition) is 1. The van der Waals surface area contributed by atoms with Crippen LogP contribution >= 0.6 is 53.3 Å². The molecular weight excluding hydrogens is 650 g/mol. The second-order valence-corrected chi connectivity index (χ2v) is 85.8. The van der Waals surface area contributed by atoms with E-state index in [9.17, 15) is 0 Å². The van der Waals surface area contributed by atoms with Gasteiger partial charge in [-0.25, -0.2) is 0 Å². The molecule has 0 aromatic carbocycles. The Morgan fingerprint density at radius 3 is 1.67 bits per heavy atom. The standard InChI is InChI=1S/C4H11N.3HI.Pb/c1-2-3-4-5;;;;/h2-5H2,1H3;3*1H;/q;;;;+4/p-2. The molecule has 0 fully saturated rings. The van der Waals surface area contributed by atoms with E-state index in [1.807, 2.05) is 0 Å². The first-order valence-electron chi connectivity index (χ1n) is 2.77. The molecule has 1 nitrogen and oxygen atoms in total. The summed E-state index contributed by atoms with van der Waals surface area (Å²) in [6.45, 7) is 3.27. The van der Waals surface area contributed by atoms with Crippen LogP contribution in [0.5, 0.6) is 0 Å². The van der Waals surface area contributed by atoms with Gasteiger partial charge in [-0.05, 0) is 6.42 Å². The Morgan fingerprint density at radius 1 is 1.33 bits per heavy atom. The molecule has 0 heterocycles. The van der Waals surface area contributed by atoms with Gasteiger partial charge in [-0.3, -0.25) is 0 Å². The Kier molecular flexibility index (Phi) is 22.1. The van der Waals surface area contributed by atoms with E-state index in [0.717, 1.165) is 6.54 Å². The summed E-state index contributed by atoms with van der Waals surface area (Å²) >= 11 is 7.59. The maximum absolute atomic E-state index is 3.68. The van der Waals surface area contributed by atoms with Gasteiger partial charge in [0.25, 0.3) is 0 Å². The number of unbranched alkanes of at least 4 members (excludes halogenated alkanes) is 1. The molecule has 0 saturated carbocycles. The number of halogens is 3. The molecule has 0 spiro atoms. The minimum atomic E-state index is -0.747. The van der Waals surface area contributed by atoms with Gasteiger partial charge in [-0.15, -0.1) is 0 Å². The first kappa shape index (κ1) is 14.6. The summed E-state index contributed by atoms with van der Waals surface area (Å²) in [4.78, 5) is 0. The van der Waals surface area contributed by atoms with Crippen LogP contribution < -0.4 is 5.73 Å². The van der Waals surface area contributed by atoms with Gasteiger partial charge in [0, 0.05) is 0 Å². The third-order valence-corrected chi connectivity index (χ3v) is 0.604. The summed E-state index contributed by atoms with van der Waals surface area (Å²) in [5, 5.41) is 0. The van der Waals surface area contributed by atoms with Crippen molar-refractivity contribution in [3.63, 3.8) is 0 Å². The Labute approximate surface area is 92.8 Å². The van der Waals surface area contributed by atoms with Crippen LogP contribution in [0.3, 0.4) is 0 Å². The molecule has 0 aromatic heterocycles. The van der Waals surface area contributed by atoms with Crippen LogP contribution in [0, 0.1) is 0 Å². The van der Waals surface area contributed by atoms with E-state index in [2.05, 4.69) is 65.9 Å². The third-order valence-electron chi connectivity index (χ3n) is 0.604. The molecule has 5 heteroatoms. The van der Waals surface area contributed by atoms with Crippen molar-refractivity contribution in [2.45, 2.75) is 19.8 Å². The normalized spacial score (nSPS) is 7.67. The van der Waals surface area contributed by atoms with Crippen LogP contribution in [0.25, 0.3) is 0 Å². The topological polar surface area (TPSA) is 27.6 Å². The molecule has 9 heavy (non-hydrogen) atoms. The zero-order valence-electron chi connectivity index (χ0n) is 5.46. The van der Waals surface area contributed by atoms with E-state index in [4.69, 9.17) is 0 Å². The molecule has 0 aliphatic rings. The summed E-state index contributed by atoms with van der Waals surface area (Å²) in [5.41, 5.74) is 3.68. The van der Waals surface area contributed by atoms with E-state index < -0.39 is 9.82 Å². The Balaban J connectivity index is 0. The predicted molar refractivity (Wildman–Crippen MR) is 70.5 cm³/mol. The van der Waals surface area contributed by atoms with Crippen LogP contribution in [0.1, 0.15) is 19.8 Å². The predicted octanol–water partition coefficient (Wildman–Crippen LogP) is 2.30. The van der Waals surface area contributed by atoms with Gasteiger partial charge < -0.3 is 5.73 Å². The van der Waals surface area contributed by atoms with Gasteiger partial charge in [-0.2, -0.15) is 0 Å². The average molecular weight is 662 g/mol. The van der Waals surface area contributed by atoms with Crippen LogP contribution in [0.4, 0.5) is 0 Å². The van der Waals surface area contributed by atoms with E-state index in [0.29, 0.717) is 0 Å². The summed E-state index contributed by atoms with van der Waals surface area (Å²) in [6.07, 6.45) is 2.56. The van der Waals surface area contributed by atoms with Crippen molar-refractivity contribution in [1.29, 1.82) is 0 Å². The van der Waals surface area contributed by atoms with Crippen molar-refractivity contribution >= 4 is 63.1 Å². The van der Waals surface area contributed by atoms with Crippen LogP contribution in [0.15, 0.2) is 0 Å². The zero-order valence-corrected chi connectivity index (χ0v) is 15.8. The Bertz CT molecular complexity index is 40.0. The molecule has 0 amide bonds. The molecular formula is C4H12I3NPb+2. The van der Waals surface area contributed by atoms with Gasteiger partial charge in [0.1, 0.15) is 0 Å². The number of rotatable bonds is 2. The van der Waals surface area contributed by atoms with Gasteiger partial charge >= 0.3 is 63.1 Å². The van der Waals surface area contributed by atoms with Crippen LogP contribution in [0.2, 0.25) is 0 Å². The fraction of sp³-hybridized carbons (Fsp3) is 1.00. The monoisotopic (exact) mass is 663 g/mol. The molecule has 0 saturated heterocycles. The second kappa shape index (κ2) is 13.6. The van der Waals surface area contributed by atoms with E-state index in [-0.39, 0.29) is 0 Å². The molecule has 0 aliphatic carbocycles. The SMILES string of the molecule is CCCC[NH3+].[I][Pb+]([I])[I]. The van der Waals surface area contributed by atoms with Gasteiger partial charge in [0.2, 0.25) is 0 Å². The summed E-state index contributed by atoms with van der Waals surface area (Å²) in [6, 6.07) is 0. The second-order valence-electron chi connectivity index (χ2n) is 1.42. The van der Waals surface area contributed by atoms with Crippen LogP contribution in [-0.4, -0.2) is 16.4 Å². The third kappa shape index (κ3) is 35.4. The Hall–Kier alpha value is 3.07.